The Labute approximate surface area is 270 Å². The van der Waals surface area contributed by atoms with Crippen LogP contribution in [-0.4, -0.2) is 73.7 Å². The summed E-state index contributed by atoms with van der Waals surface area (Å²) >= 11 is 6.27. The maximum Gasteiger partial charge on any atom is 0.237 e. The molecule has 0 radical (unpaired) electrons. The normalized spacial score (nSPS) is 20.4. The number of anilines is 1. The van der Waals surface area contributed by atoms with E-state index in [9.17, 15) is 9.59 Å². The van der Waals surface area contributed by atoms with Gasteiger partial charge in [0.15, 0.2) is 11.5 Å². The fraction of sp³-hybridized carbons (Fsp3) is 0.444. The molecule has 2 fully saturated rings. The first-order chi connectivity index (χ1) is 21.7. The van der Waals surface area contributed by atoms with Crippen LogP contribution in [0.25, 0.3) is 0 Å². The Morgan fingerprint density at radius 3 is 2.24 bits per heavy atom. The molecule has 3 aliphatic heterocycles. The Balaban J connectivity index is 1.28. The van der Waals surface area contributed by atoms with Crippen molar-refractivity contribution in [2.45, 2.75) is 64.3 Å². The predicted octanol–water partition coefficient (Wildman–Crippen LogP) is 6.20. The Bertz CT molecular complexity index is 1520. The summed E-state index contributed by atoms with van der Waals surface area (Å²) in [6.07, 6.45) is 2.17. The SMILES string of the molecule is COc1cc2c(cc1OC(C)C)[C@H](c1ccc(Cl)cc1)N(c1ccc([C@H](C)N3CCN(C4CCOCC4)CC3=O)cc1)C(=O)C2. The summed E-state index contributed by atoms with van der Waals surface area (Å²) in [4.78, 5) is 33.3. The number of benzene rings is 3. The monoisotopic (exact) mass is 631 g/mol. The molecule has 0 aliphatic carbocycles. The van der Waals surface area contributed by atoms with Gasteiger partial charge in [-0.05, 0) is 92.3 Å². The zero-order chi connectivity index (χ0) is 31.7. The lowest BCUT2D eigenvalue weighted by Crippen LogP contribution is -2.54. The fourth-order valence-electron chi connectivity index (χ4n) is 6.90. The second kappa shape index (κ2) is 13.4. The second-order valence-corrected chi connectivity index (χ2v) is 12.9. The number of ether oxygens (including phenoxy) is 3. The topological polar surface area (TPSA) is 71.6 Å². The molecule has 6 rings (SSSR count). The smallest absolute Gasteiger partial charge is 0.237 e. The molecular formula is C36H42ClN3O5. The highest BCUT2D eigenvalue weighted by molar-refractivity contribution is 6.30. The molecule has 2 atom stereocenters. The third-order valence-electron chi connectivity index (χ3n) is 9.25. The molecule has 9 heteroatoms. The van der Waals surface area contributed by atoms with Crippen molar-refractivity contribution in [3.05, 3.63) is 87.9 Å². The number of hydrogen-bond donors (Lipinski definition) is 0. The summed E-state index contributed by atoms with van der Waals surface area (Å²) in [7, 11) is 1.62. The Kier molecular flexibility index (Phi) is 9.36. The van der Waals surface area contributed by atoms with Crippen LogP contribution in [-0.2, 0) is 20.7 Å². The molecule has 45 heavy (non-hydrogen) atoms. The number of amides is 2. The van der Waals surface area contributed by atoms with E-state index in [2.05, 4.69) is 11.8 Å². The molecule has 2 saturated heterocycles. The minimum Gasteiger partial charge on any atom is -0.493 e. The van der Waals surface area contributed by atoms with Gasteiger partial charge in [0.2, 0.25) is 11.8 Å². The molecule has 0 unspecified atom stereocenters. The van der Waals surface area contributed by atoms with E-state index < -0.39 is 0 Å². The van der Waals surface area contributed by atoms with Crippen LogP contribution in [0.2, 0.25) is 5.02 Å². The quantitative estimate of drug-likeness (QED) is 0.295. The van der Waals surface area contributed by atoms with Crippen molar-refractivity contribution in [1.29, 1.82) is 0 Å². The molecule has 8 nitrogen and oxygen atoms in total. The van der Waals surface area contributed by atoms with E-state index in [1.54, 1.807) is 7.11 Å². The maximum absolute atomic E-state index is 13.9. The van der Waals surface area contributed by atoms with Crippen LogP contribution in [0, 0.1) is 0 Å². The summed E-state index contributed by atoms with van der Waals surface area (Å²) in [5.41, 5.74) is 4.67. The van der Waals surface area contributed by atoms with E-state index in [0.29, 0.717) is 35.7 Å². The number of rotatable bonds is 8. The Morgan fingerprint density at radius 2 is 1.60 bits per heavy atom. The molecular weight excluding hydrogens is 590 g/mol. The predicted molar refractivity (Wildman–Crippen MR) is 175 cm³/mol. The van der Waals surface area contributed by atoms with Crippen LogP contribution in [0.1, 0.15) is 68.0 Å². The number of fused-ring (bicyclic) bond motifs is 1. The van der Waals surface area contributed by atoms with Crippen molar-refractivity contribution in [2.75, 3.05) is 44.9 Å². The van der Waals surface area contributed by atoms with E-state index in [1.165, 1.54) is 0 Å². The van der Waals surface area contributed by atoms with Crippen LogP contribution in [0.5, 0.6) is 11.5 Å². The Morgan fingerprint density at radius 1 is 0.889 bits per heavy atom. The van der Waals surface area contributed by atoms with E-state index in [-0.39, 0.29) is 36.4 Å². The zero-order valence-electron chi connectivity index (χ0n) is 26.5. The number of piperazine rings is 1. The molecule has 0 spiro atoms. The highest BCUT2D eigenvalue weighted by atomic mass is 35.5. The first-order valence-electron chi connectivity index (χ1n) is 15.9. The lowest BCUT2D eigenvalue weighted by molar-refractivity contribution is -0.140. The van der Waals surface area contributed by atoms with Gasteiger partial charge < -0.3 is 24.0 Å². The third kappa shape index (κ3) is 6.55. The third-order valence-corrected chi connectivity index (χ3v) is 9.50. The van der Waals surface area contributed by atoms with Gasteiger partial charge in [0, 0.05) is 43.1 Å². The summed E-state index contributed by atoms with van der Waals surface area (Å²) in [6.45, 7) is 9.60. The van der Waals surface area contributed by atoms with Gasteiger partial charge in [-0.3, -0.25) is 14.5 Å². The van der Waals surface area contributed by atoms with E-state index >= 15 is 0 Å². The molecule has 0 N–H and O–H groups in total. The average Bonchev–Trinajstić information content (AvgIpc) is 3.04. The minimum absolute atomic E-state index is 0.0118. The molecule has 2 amide bonds. The molecule has 3 heterocycles. The summed E-state index contributed by atoms with van der Waals surface area (Å²) in [6, 6.07) is 19.6. The molecule has 238 valence electrons. The molecule has 0 bridgehead atoms. The summed E-state index contributed by atoms with van der Waals surface area (Å²) < 4.78 is 17.3. The fourth-order valence-corrected chi connectivity index (χ4v) is 7.02. The molecule has 3 aromatic carbocycles. The largest absolute Gasteiger partial charge is 0.493 e. The lowest BCUT2D eigenvalue weighted by Gasteiger charge is -2.42. The van der Waals surface area contributed by atoms with Crippen LogP contribution < -0.4 is 14.4 Å². The molecule has 0 aromatic heterocycles. The minimum atomic E-state index is -0.387. The van der Waals surface area contributed by atoms with Crippen LogP contribution in [0.3, 0.4) is 0 Å². The van der Waals surface area contributed by atoms with Gasteiger partial charge in [0.05, 0.1) is 38.3 Å². The van der Waals surface area contributed by atoms with Crippen molar-refractivity contribution >= 4 is 29.1 Å². The van der Waals surface area contributed by atoms with Crippen molar-refractivity contribution < 1.29 is 23.8 Å². The van der Waals surface area contributed by atoms with Gasteiger partial charge in [-0.2, -0.15) is 0 Å². The van der Waals surface area contributed by atoms with Gasteiger partial charge in [-0.15, -0.1) is 0 Å². The number of halogens is 1. The molecule has 3 aromatic rings. The van der Waals surface area contributed by atoms with Gasteiger partial charge in [-0.25, -0.2) is 0 Å². The number of nitrogens with zero attached hydrogens (tertiary/aromatic N) is 3. The first-order valence-corrected chi connectivity index (χ1v) is 16.3. The van der Waals surface area contributed by atoms with Gasteiger partial charge >= 0.3 is 0 Å². The number of carbonyl (C=O) groups is 2. The van der Waals surface area contributed by atoms with E-state index in [1.807, 2.05) is 84.3 Å². The summed E-state index contributed by atoms with van der Waals surface area (Å²) in [5, 5.41) is 0.632. The first kappa shape index (κ1) is 31.4. The van der Waals surface area contributed by atoms with E-state index in [0.717, 1.165) is 60.5 Å². The van der Waals surface area contributed by atoms with Crippen molar-refractivity contribution in [2.24, 2.45) is 0 Å². The van der Waals surface area contributed by atoms with E-state index in [4.69, 9.17) is 25.8 Å². The average molecular weight is 632 g/mol. The molecule has 0 saturated carbocycles. The van der Waals surface area contributed by atoms with Gasteiger partial charge in [0.25, 0.3) is 0 Å². The highest BCUT2D eigenvalue weighted by Gasteiger charge is 2.37. The maximum atomic E-state index is 13.9. The molecule has 3 aliphatic rings. The highest BCUT2D eigenvalue weighted by Crippen LogP contribution is 2.44. The lowest BCUT2D eigenvalue weighted by atomic mass is 9.86. The van der Waals surface area contributed by atoms with Crippen molar-refractivity contribution in [1.82, 2.24) is 9.80 Å². The van der Waals surface area contributed by atoms with Crippen molar-refractivity contribution in [3.8, 4) is 11.5 Å². The van der Waals surface area contributed by atoms with Crippen molar-refractivity contribution in [3.63, 3.8) is 0 Å². The number of hydrogen-bond acceptors (Lipinski definition) is 6. The second-order valence-electron chi connectivity index (χ2n) is 12.4. The van der Waals surface area contributed by atoms with Crippen LogP contribution in [0.4, 0.5) is 5.69 Å². The standard InChI is InChI=1S/C36H42ClN3O5/c1-23(2)45-33-21-31-27(19-32(33)43-4)20-34(41)40(36(31)26-5-9-28(37)10-6-26)30-11-7-25(8-12-30)24(3)39-16-15-38(22-35(39)42)29-13-17-44-18-14-29/h5-12,19,21,23-24,29,36H,13-18,20,22H2,1-4H3/t24-,36-/m0/s1. The van der Waals surface area contributed by atoms with Crippen LogP contribution >= 0.6 is 11.6 Å². The van der Waals surface area contributed by atoms with Gasteiger partial charge in [0.1, 0.15) is 0 Å². The van der Waals surface area contributed by atoms with Gasteiger partial charge in [-0.1, -0.05) is 35.9 Å². The number of methoxy groups -OCH3 is 1. The zero-order valence-corrected chi connectivity index (χ0v) is 27.3. The van der Waals surface area contributed by atoms with Crippen LogP contribution in [0.15, 0.2) is 60.7 Å². The summed E-state index contributed by atoms with van der Waals surface area (Å²) in [5.74, 6) is 1.40. The number of carbonyl (C=O) groups excluding carboxylic acids is 2. The Hall–Kier alpha value is -3.59.